The van der Waals surface area contributed by atoms with E-state index in [1.54, 1.807) is 52.5 Å². The molecule has 2 aliphatic carbocycles. The first-order chi connectivity index (χ1) is 11.3. The van der Waals surface area contributed by atoms with E-state index in [1.165, 1.54) is 51.4 Å². The SMILES string of the molecule is CCO.Cl.[CH3-].[CH3-].[SiH2]=[Zr].c1cc2c([cH-]1)CCCC2.c1cc2c([cH-]1)CCCC2. The quantitative estimate of drug-likeness (QED) is 0.424. The Hall–Kier alpha value is 0.0500. The first-order valence-corrected chi connectivity index (χ1v) is 14.7. The summed E-state index contributed by atoms with van der Waals surface area (Å²) in [5.41, 5.74) is 6.39. The van der Waals surface area contributed by atoms with Crippen LogP contribution in [-0.4, -0.2) is 18.6 Å². The van der Waals surface area contributed by atoms with Gasteiger partial charge in [-0.3, -0.25) is 0 Å². The van der Waals surface area contributed by atoms with Crippen molar-refractivity contribution < 1.29 is 28.4 Å². The zero-order valence-electron chi connectivity index (χ0n) is 16.9. The summed E-state index contributed by atoms with van der Waals surface area (Å²) in [6.45, 7) is 3.88. The van der Waals surface area contributed by atoms with Crippen LogP contribution in [0.3, 0.4) is 0 Å². The summed E-state index contributed by atoms with van der Waals surface area (Å²) in [5.74, 6) is 0. The number of aliphatic hydroxyl groups excluding tert-OH is 1. The van der Waals surface area contributed by atoms with Gasteiger partial charge < -0.3 is 20.0 Å². The zero-order chi connectivity index (χ0) is 16.9. The summed E-state index contributed by atoms with van der Waals surface area (Å²) >= 11 is 1.58. The van der Waals surface area contributed by atoms with Gasteiger partial charge in [0, 0.05) is 6.61 Å². The Labute approximate surface area is 185 Å². The van der Waals surface area contributed by atoms with Crippen LogP contribution >= 0.6 is 12.4 Å². The van der Waals surface area contributed by atoms with E-state index < -0.39 is 0 Å². The number of hydrogen-bond acceptors (Lipinski definition) is 1. The molecule has 0 heterocycles. The fourth-order valence-electron chi connectivity index (χ4n) is 3.23. The van der Waals surface area contributed by atoms with Crippen LogP contribution in [0.2, 0.25) is 0 Å². The van der Waals surface area contributed by atoms with Gasteiger partial charge in [0.1, 0.15) is 0 Å². The van der Waals surface area contributed by atoms with E-state index in [1.807, 2.05) is 6.88 Å². The molecule has 2 aromatic carbocycles. The number of rotatable bonds is 0. The van der Waals surface area contributed by atoms with Gasteiger partial charge >= 0.3 is 30.2 Å². The fourth-order valence-corrected chi connectivity index (χ4v) is 3.23. The Morgan fingerprint density at radius 1 is 0.846 bits per heavy atom. The van der Waals surface area contributed by atoms with E-state index in [0.717, 1.165) is 0 Å². The van der Waals surface area contributed by atoms with Crippen LogP contribution in [0.15, 0.2) is 36.4 Å². The first kappa shape index (κ1) is 30.8. The Morgan fingerprint density at radius 3 is 1.46 bits per heavy atom. The molecule has 0 amide bonds. The number of aryl methyl sites for hydroxylation is 4. The molecule has 1 N–H and O–H groups in total. The van der Waals surface area contributed by atoms with Crippen molar-refractivity contribution in [2.45, 2.75) is 58.3 Å². The second-order valence-electron chi connectivity index (χ2n) is 5.88. The van der Waals surface area contributed by atoms with Crippen molar-refractivity contribution in [1.82, 2.24) is 0 Å². The van der Waals surface area contributed by atoms with Gasteiger partial charge in [0.2, 0.25) is 0 Å². The molecule has 2 aromatic rings. The molecular formula is C22H37ClOSiZr-4. The molecule has 2 aliphatic rings. The van der Waals surface area contributed by atoms with E-state index in [-0.39, 0.29) is 33.9 Å². The summed E-state index contributed by atoms with van der Waals surface area (Å²) in [6.07, 6.45) is 10.9. The molecule has 0 atom stereocenters. The monoisotopic (exact) mass is 470 g/mol. The standard InChI is InChI=1S/2C9H11.C2H6O.2CH3.ClH.H2Si.Zr/c2*1-2-5-9-7-3-6-8(9)4-1;1-2-3;;;;;/h2*3,6-7H,1-2,4-5H2;3H,2H2,1H3;2*1H3;1H;1H2;/q2*-1;;2*-1;;;. The van der Waals surface area contributed by atoms with E-state index in [4.69, 9.17) is 5.11 Å². The van der Waals surface area contributed by atoms with Crippen LogP contribution < -0.4 is 0 Å². The van der Waals surface area contributed by atoms with Crippen molar-refractivity contribution in [3.63, 3.8) is 0 Å². The molecule has 0 saturated heterocycles. The molecule has 1 nitrogen and oxygen atoms in total. The summed E-state index contributed by atoms with van der Waals surface area (Å²) < 4.78 is 0. The third-order valence-corrected chi connectivity index (χ3v) is 4.30. The van der Waals surface area contributed by atoms with Crippen molar-refractivity contribution >= 4 is 19.3 Å². The Bertz CT molecular complexity index is 448. The first-order valence-electron chi connectivity index (χ1n) is 8.78. The van der Waals surface area contributed by atoms with Gasteiger partial charge in [-0.05, 0) is 6.92 Å². The number of hydrogen-bond donors (Lipinski definition) is 1. The largest absolute Gasteiger partial charge is 0.210 e. The van der Waals surface area contributed by atoms with Gasteiger partial charge in [-0.1, -0.05) is 51.4 Å². The maximum atomic E-state index is 7.57. The minimum absolute atomic E-state index is 0. The summed E-state index contributed by atoms with van der Waals surface area (Å²) in [4.78, 5) is 0. The molecule has 0 unspecified atom stereocenters. The molecule has 0 bridgehead atoms. The Balaban J connectivity index is -0.000000300. The second kappa shape index (κ2) is 19.8. The molecule has 150 valence electrons. The number of fused-ring (bicyclic) bond motifs is 2. The normalized spacial score (nSPS) is 12.8. The van der Waals surface area contributed by atoms with Gasteiger partial charge in [0.25, 0.3) is 0 Å². The summed E-state index contributed by atoms with van der Waals surface area (Å²) in [5, 5.41) is 7.57. The molecular weight excluding hydrogens is 435 g/mol. The van der Waals surface area contributed by atoms with Crippen molar-refractivity contribution in [2.75, 3.05) is 6.61 Å². The molecule has 0 saturated carbocycles. The minimum atomic E-state index is 0. The van der Waals surface area contributed by atoms with E-state index in [2.05, 4.69) is 36.4 Å². The fraction of sp³-hybridized carbons (Fsp3) is 0.455. The molecule has 0 aromatic heterocycles. The maximum Gasteiger partial charge on any atom is -0.0512 e. The maximum absolute atomic E-state index is 7.57. The van der Waals surface area contributed by atoms with Crippen LogP contribution in [0.4, 0.5) is 0 Å². The predicted molar refractivity (Wildman–Crippen MR) is 119 cm³/mol. The Morgan fingerprint density at radius 2 is 1.15 bits per heavy atom. The third kappa shape index (κ3) is 11.0. The Kier molecular flexibility index (Phi) is 23.4. The van der Waals surface area contributed by atoms with Crippen molar-refractivity contribution in [1.29, 1.82) is 0 Å². The van der Waals surface area contributed by atoms with Crippen LogP contribution in [0.5, 0.6) is 0 Å². The zero-order valence-corrected chi connectivity index (χ0v) is 21.6. The average Bonchev–Trinajstić information content (AvgIpc) is 3.27. The van der Waals surface area contributed by atoms with Gasteiger partial charge in [-0.25, -0.2) is 12.1 Å². The number of halogens is 1. The van der Waals surface area contributed by atoms with E-state index in [0.29, 0.717) is 0 Å². The second-order valence-corrected chi connectivity index (χ2v) is 5.88. The predicted octanol–water partition coefficient (Wildman–Crippen LogP) is 4.97. The summed E-state index contributed by atoms with van der Waals surface area (Å²) in [6, 6.07) is 13.4. The van der Waals surface area contributed by atoms with Crippen molar-refractivity contribution in [3.05, 3.63) is 73.5 Å². The van der Waals surface area contributed by atoms with E-state index in [9.17, 15) is 0 Å². The molecule has 0 fully saturated rings. The molecule has 0 radical (unpaired) electrons. The van der Waals surface area contributed by atoms with Crippen LogP contribution in [-0.2, 0) is 49.0 Å². The minimum Gasteiger partial charge on any atom is -0.210 e. The molecule has 26 heavy (non-hydrogen) atoms. The van der Waals surface area contributed by atoms with Crippen LogP contribution in [0.25, 0.3) is 0 Å². The van der Waals surface area contributed by atoms with Gasteiger partial charge in [-0.2, -0.15) is 46.5 Å². The van der Waals surface area contributed by atoms with Crippen molar-refractivity contribution in [3.8, 4) is 0 Å². The topological polar surface area (TPSA) is 20.2 Å². The average molecular weight is 472 g/mol. The number of aliphatic hydroxyl groups is 1. The molecule has 0 spiro atoms. The smallest absolute Gasteiger partial charge is 0.0512 e. The van der Waals surface area contributed by atoms with Crippen LogP contribution in [0.1, 0.15) is 54.9 Å². The van der Waals surface area contributed by atoms with E-state index >= 15 is 0 Å². The molecule has 4 rings (SSSR count). The van der Waals surface area contributed by atoms with Gasteiger partial charge in [-0.15, -0.1) is 12.4 Å². The summed E-state index contributed by atoms with van der Waals surface area (Å²) in [7, 11) is 0. The molecule has 0 aliphatic heterocycles. The van der Waals surface area contributed by atoms with Crippen LogP contribution in [0, 0.1) is 14.9 Å². The van der Waals surface area contributed by atoms with Gasteiger partial charge in [0.15, 0.2) is 0 Å². The molecule has 4 heteroatoms. The van der Waals surface area contributed by atoms with Crippen molar-refractivity contribution in [2.24, 2.45) is 0 Å². The van der Waals surface area contributed by atoms with Gasteiger partial charge in [0.05, 0.1) is 0 Å². The third-order valence-electron chi connectivity index (χ3n) is 4.30.